The lowest BCUT2D eigenvalue weighted by atomic mass is 10.1. The van der Waals surface area contributed by atoms with Crippen molar-refractivity contribution in [2.24, 2.45) is 0 Å². The predicted molar refractivity (Wildman–Crippen MR) is 109 cm³/mol. The van der Waals surface area contributed by atoms with Crippen molar-refractivity contribution < 1.29 is 4.79 Å². The fourth-order valence-electron chi connectivity index (χ4n) is 3.14. The van der Waals surface area contributed by atoms with Crippen molar-refractivity contribution in [1.82, 2.24) is 25.1 Å². The number of hydrogen-bond donors (Lipinski definition) is 1. The van der Waals surface area contributed by atoms with Gasteiger partial charge < -0.3 is 10.2 Å². The molecule has 2 aromatic heterocycles. The van der Waals surface area contributed by atoms with Gasteiger partial charge in [-0.1, -0.05) is 27.7 Å². The lowest BCUT2D eigenvalue weighted by Crippen LogP contribution is -2.30. The van der Waals surface area contributed by atoms with E-state index in [1.165, 1.54) is 19.3 Å². The van der Waals surface area contributed by atoms with E-state index in [-0.39, 0.29) is 5.91 Å². The Morgan fingerprint density at radius 3 is 2.85 bits per heavy atom. The zero-order chi connectivity index (χ0) is 18.4. The minimum atomic E-state index is 0.0781. The average Bonchev–Trinajstić information content (AvgIpc) is 3.09. The van der Waals surface area contributed by atoms with Crippen LogP contribution in [0.3, 0.4) is 0 Å². The van der Waals surface area contributed by atoms with Crippen molar-refractivity contribution in [1.29, 1.82) is 0 Å². The molecular weight excluding hydrogens is 416 g/mol. The highest BCUT2D eigenvalue weighted by Crippen LogP contribution is 2.28. The molecule has 2 aromatic rings. The number of halogens is 1. The highest BCUT2D eigenvalue weighted by atomic mass is 79.9. The molecule has 7 nitrogen and oxygen atoms in total. The normalized spacial score (nSPS) is 14.8. The molecule has 1 fully saturated rings. The van der Waals surface area contributed by atoms with Crippen molar-refractivity contribution >= 4 is 50.5 Å². The van der Waals surface area contributed by atoms with E-state index in [4.69, 9.17) is 4.98 Å². The van der Waals surface area contributed by atoms with E-state index < -0.39 is 0 Å². The fourth-order valence-corrected chi connectivity index (χ4v) is 3.78. The molecule has 142 valence electrons. The summed E-state index contributed by atoms with van der Waals surface area (Å²) in [5, 5.41) is 10.1. The maximum absolute atomic E-state index is 11.8. The topological polar surface area (TPSA) is 75.9 Å². The Bertz CT molecular complexity index is 746. The van der Waals surface area contributed by atoms with Crippen molar-refractivity contribution in [2.45, 2.75) is 43.8 Å². The van der Waals surface area contributed by atoms with E-state index in [2.05, 4.69) is 36.2 Å². The summed E-state index contributed by atoms with van der Waals surface area (Å²) in [7, 11) is 0. The lowest BCUT2D eigenvalue weighted by Gasteiger charge is -2.28. The summed E-state index contributed by atoms with van der Waals surface area (Å²) in [5.74, 6) is 1.07. The van der Waals surface area contributed by atoms with Gasteiger partial charge in [-0.15, -0.1) is 0 Å². The smallest absolute Gasteiger partial charge is 0.220 e. The Morgan fingerprint density at radius 1 is 1.31 bits per heavy atom. The monoisotopic (exact) mass is 440 g/mol. The number of carbonyl (C=O) groups is 1. The van der Waals surface area contributed by atoms with Gasteiger partial charge in [-0.05, 0) is 31.9 Å². The van der Waals surface area contributed by atoms with Crippen LogP contribution >= 0.6 is 27.7 Å². The van der Waals surface area contributed by atoms with Crippen LogP contribution in [0.1, 0.15) is 32.1 Å². The van der Waals surface area contributed by atoms with Crippen LogP contribution in [0.4, 0.5) is 5.82 Å². The first-order chi connectivity index (χ1) is 12.7. The number of carbonyl (C=O) groups excluding carboxylic acids is 1. The molecule has 1 amide bonds. The highest BCUT2D eigenvalue weighted by molar-refractivity contribution is 9.09. The summed E-state index contributed by atoms with van der Waals surface area (Å²) in [6.45, 7) is 3.23. The van der Waals surface area contributed by atoms with E-state index >= 15 is 0 Å². The summed E-state index contributed by atoms with van der Waals surface area (Å²) >= 11 is 4.89. The minimum absolute atomic E-state index is 0.0781. The van der Waals surface area contributed by atoms with Crippen molar-refractivity contribution in [3.05, 3.63) is 6.20 Å². The van der Waals surface area contributed by atoms with Crippen LogP contribution in [0.15, 0.2) is 11.4 Å². The maximum Gasteiger partial charge on any atom is 0.220 e. The first-order valence-electron chi connectivity index (χ1n) is 9.08. The third-order valence-electron chi connectivity index (χ3n) is 4.48. The van der Waals surface area contributed by atoms with Gasteiger partial charge in [0.15, 0.2) is 10.8 Å². The molecule has 9 heteroatoms. The molecule has 0 aromatic carbocycles. The molecule has 26 heavy (non-hydrogen) atoms. The van der Waals surface area contributed by atoms with E-state index in [0.29, 0.717) is 19.5 Å². The molecule has 0 atom stereocenters. The summed E-state index contributed by atoms with van der Waals surface area (Å²) in [6.07, 6.45) is 8.93. The number of anilines is 1. The van der Waals surface area contributed by atoms with Gasteiger partial charge in [-0.3, -0.25) is 4.79 Å². The van der Waals surface area contributed by atoms with Crippen molar-refractivity contribution in [2.75, 3.05) is 36.1 Å². The zero-order valence-corrected chi connectivity index (χ0v) is 17.5. The standard InChI is InChI=1S/C17H25BrN6OS/c1-26-17-21-15(23-9-3-2-4-10-23)13-12-20-24(16(13)22-17)11-8-19-14(25)6-5-7-18/h12H,2-11H2,1H3,(H,19,25). The Kier molecular flexibility index (Phi) is 7.13. The van der Waals surface area contributed by atoms with Gasteiger partial charge in [0.2, 0.25) is 5.91 Å². The van der Waals surface area contributed by atoms with Crippen LogP contribution in [-0.4, -0.2) is 56.9 Å². The van der Waals surface area contributed by atoms with Crippen molar-refractivity contribution in [3.8, 4) is 0 Å². The van der Waals surface area contributed by atoms with Gasteiger partial charge in [0.1, 0.15) is 5.82 Å². The molecule has 3 heterocycles. The van der Waals surface area contributed by atoms with Crippen LogP contribution in [0, 0.1) is 0 Å². The largest absolute Gasteiger partial charge is 0.356 e. The number of alkyl halides is 1. The third-order valence-corrected chi connectivity index (χ3v) is 5.59. The fraction of sp³-hybridized carbons (Fsp3) is 0.647. The predicted octanol–water partition coefficient (Wildman–Crippen LogP) is 2.83. The second-order valence-corrected chi connectivity index (χ2v) is 7.90. The Morgan fingerprint density at radius 2 is 2.12 bits per heavy atom. The van der Waals surface area contributed by atoms with E-state index in [9.17, 15) is 4.79 Å². The summed E-state index contributed by atoms with van der Waals surface area (Å²) < 4.78 is 1.87. The quantitative estimate of drug-likeness (QED) is 0.386. The Labute approximate surface area is 166 Å². The number of fused-ring (bicyclic) bond motifs is 1. The summed E-state index contributed by atoms with van der Waals surface area (Å²) in [6, 6.07) is 0. The summed E-state index contributed by atoms with van der Waals surface area (Å²) in [5.41, 5.74) is 0.847. The van der Waals surface area contributed by atoms with Gasteiger partial charge in [0.05, 0.1) is 18.1 Å². The molecule has 0 unspecified atom stereocenters. The van der Waals surface area contributed by atoms with Crippen molar-refractivity contribution in [3.63, 3.8) is 0 Å². The number of nitrogens with zero attached hydrogens (tertiary/aromatic N) is 5. The number of rotatable bonds is 8. The molecule has 1 aliphatic rings. The Hall–Kier alpha value is -1.35. The van der Waals surface area contributed by atoms with Crippen LogP contribution in [0.25, 0.3) is 11.0 Å². The average molecular weight is 441 g/mol. The minimum Gasteiger partial charge on any atom is -0.356 e. The number of thioether (sulfide) groups is 1. The maximum atomic E-state index is 11.8. The van der Waals surface area contributed by atoms with E-state index in [1.807, 2.05) is 17.1 Å². The molecule has 1 saturated heterocycles. The van der Waals surface area contributed by atoms with Crippen LogP contribution < -0.4 is 10.2 Å². The zero-order valence-electron chi connectivity index (χ0n) is 15.1. The second-order valence-electron chi connectivity index (χ2n) is 6.33. The van der Waals surface area contributed by atoms with Crippen LogP contribution in [0.2, 0.25) is 0 Å². The van der Waals surface area contributed by atoms with Gasteiger partial charge in [-0.2, -0.15) is 5.10 Å². The Balaban J connectivity index is 1.76. The van der Waals surface area contributed by atoms with Crippen LogP contribution in [-0.2, 0) is 11.3 Å². The highest BCUT2D eigenvalue weighted by Gasteiger charge is 2.19. The SMILES string of the molecule is CSc1nc(N2CCCCC2)c2cnn(CCNC(=O)CCCBr)c2n1. The van der Waals surface area contributed by atoms with E-state index in [1.54, 1.807) is 11.8 Å². The molecule has 0 bridgehead atoms. The molecule has 0 spiro atoms. The molecule has 0 radical (unpaired) electrons. The first-order valence-corrected chi connectivity index (χ1v) is 11.4. The third kappa shape index (κ3) is 4.68. The molecule has 1 aliphatic heterocycles. The number of nitrogens with one attached hydrogen (secondary N) is 1. The lowest BCUT2D eigenvalue weighted by molar-refractivity contribution is -0.121. The van der Waals surface area contributed by atoms with E-state index in [0.717, 1.165) is 46.8 Å². The molecular formula is C17H25BrN6OS. The van der Waals surface area contributed by atoms with Gasteiger partial charge in [0, 0.05) is 31.4 Å². The van der Waals surface area contributed by atoms with Gasteiger partial charge in [-0.25, -0.2) is 14.6 Å². The second kappa shape index (κ2) is 9.55. The number of piperidine rings is 1. The molecule has 3 rings (SSSR count). The molecule has 0 aliphatic carbocycles. The van der Waals surface area contributed by atoms with Gasteiger partial charge >= 0.3 is 0 Å². The van der Waals surface area contributed by atoms with Gasteiger partial charge in [0.25, 0.3) is 0 Å². The summed E-state index contributed by atoms with van der Waals surface area (Å²) in [4.78, 5) is 23.5. The number of hydrogen-bond acceptors (Lipinski definition) is 6. The number of amides is 1. The number of aromatic nitrogens is 4. The molecule has 0 saturated carbocycles. The first kappa shape index (κ1) is 19.4. The molecule has 1 N–H and O–H groups in total. The van der Waals surface area contributed by atoms with Crippen LogP contribution in [0.5, 0.6) is 0 Å².